The van der Waals surface area contributed by atoms with Gasteiger partial charge in [-0.25, -0.2) is 0 Å². The Morgan fingerprint density at radius 3 is 2.31 bits per heavy atom. The van der Waals surface area contributed by atoms with Crippen LogP contribution in [0.2, 0.25) is 0 Å². The zero-order valence-corrected chi connectivity index (χ0v) is 10.3. The molecule has 0 aliphatic rings. The summed E-state index contributed by atoms with van der Waals surface area (Å²) in [5.74, 6) is 0. The molecule has 0 aromatic heterocycles. The van der Waals surface area contributed by atoms with Crippen molar-refractivity contribution in [3.8, 4) is 0 Å². The van der Waals surface area contributed by atoms with Crippen LogP contribution >= 0.6 is 0 Å². The Morgan fingerprint density at radius 2 is 1.81 bits per heavy atom. The van der Waals surface area contributed by atoms with Crippen molar-refractivity contribution in [3.05, 3.63) is 35.4 Å². The minimum atomic E-state index is -0.364. The van der Waals surface area contributed by atoms with Gasteiger partial charge in [-0.2, -0.15) is 0 Å². The lowest BCUT2D eigenvalue weighted by molar-refractivity contribution is -0.149. The van der Waals surface area contributed by atoms with Gasteiger partial charge in [0.2, 0.25) is 0 Å². The molecule has 1 atom stereocenters. The molecule has 0 heterocycles. The van der Waals surface area contributed by atoms with E-state index < -0.39 is 0 Å². The maximum Gasteiger partial charge on any atom is 0.176 e. The molecule has 3 heteroatoms. The van der Waals surface area contributed by atoms with Crippen molar-refractivity contribution in [1.82, 2.24) is 0 Å². The maximum absolute atomic E-state index is 6.13. The third kappa shape index (κ3) is 3.59. The summed E-state index contributed by atoms with van der Waals surface area (Å²) in [6, 6.07) is 7.88. The van der Waals surface area contributed by atoms with Gasteiger partial charge < -0.3 is 15.2 Å². The zero-order chi connectivity index (χ0) is 12.0. The largest absolute Gasteiger partial charge is 0.351 e. The first-order chi connectivity index (χ1) is 7.69. The third-order valence-corrected chi connectivity index (χ3v) is 2.38. The highest BCUT2D eigenvalue weighted by Crippen LogP contribution is 2.18. The number of nitrogens with two attached hydrogens (primary N) is 1. The van der Waals surface area contributed by atoms with Gasteiger partial charge in [0.1, 0.15) is 0 Å². The maximum atomic E-state index is 6.13. The molecule has 90 valence electrons. The van der Waals surface area contributed by atoms with E-state index in [2.05, 4.69) is 6.07 Å². The van der Waals surface area contributed by atoms with E-state index in [1.54, 1.807) is 0 Å². The minimum absolute atomic E-state index is 0.236. The van der Waals surface area contributed by atoms with E-state index in [1.807, 2.05) is 39.0 Å². The zero-order valence-electron chi connectivity index (χ0n) is 10.3. The molecular weight excluding hydrogens is 202 g/mol. The summed E-state index contributed by atoms with van der Waals surface area (Å²) in [6.45, 7) is 7.13. The Morgan fingerprint density at radius 1 is 1.19 bits per heavy atom. The van der Waals surface area contributed by atoms with Gasteiger partial charge in [-0.15, -0.1) is 0 Å². The molecule has 0 bridgehead atoms. The summed E-state index contributed by atoms with van der Waals surface area (Å²) in [4.78, 5) is 0. The van der Waals surface area contributed by atoms with Crippen LogP contribution in [0.3, 0.4) is 0 Å². The fraction of sp³-hybridized carbons (Fsp3) is 0.538. The lowest BCUT2D eigenvalue weighted by Gasteiger charge is -2.24. The highest BCUT2D eigenvalue weighted by Gasteiger charge is 2.19. The van der Waals surface area contributed by atoms with Crippen LogP contribution in [0.5, 0.6) is 0 Å². The number of hydrogen-bond acceptors (Lipinski definition) is 3. The van der Waals surface area contributed by atoms with Crippen molar-refractivity contribution in [1.29, 1.82) is 0 Å². The van der Waals surface area contributed by atoms with Crippen molar-refractivity contribution < 1.29 is 9.47 Å². The van der Waals surface area contributed by atoms with Crippen molar-refractivity contribution in [3.63, 3.8) is 0 Å². The molecule has 0 saturated carbocycles. The van der Waals surface area contributed by atoms with Gasteiger partial charge in [0, 0.05) is 13.2 Å². The summed E-state index contributed by atoms with van der Waals surface area (Å²) in [5, 5.41) is 0. The Kier molecular flexibility index (Phi) is 5.46. The second-order valence-electron chi connectivity index (χ2n) is 3.72. The van der Waals surface area contributed by atoms with E-state index in [0.29, 0.717) is 13.2 Å². The van der Waals surface area contributed by atoms with Crippen LogP contribution in [0.25, 0.3) is 0 Å². The molecule has 0 aliphatic heterocycles. The van der Waals surface area contributed by atoms with Crippen molar-refractivity contribution >= 4 is 0 Å². The first kappa shape index (κ1) is 13.2. The summed E-state index contributed by atoms with van der Waals surface area (Å²) in [7, 11) is 0. The lowest BCUT2D eigenvalue weighted by atomic mass is 10.0. The molecule has 1 aromatic rings. The van der Waals surface area contributed by atoms with Crippen LogP contribution in [-0.2, 0) is 9.47 Å². The fourth-order valence-corrected chi connectivity index (χ4v) is 1.62. The average molecular weight is 223 g/mol. The molecule has 1 rings (SSSR count). The van der Waals surface area contributed by atoms with Crippen LogP contribution < -0.4 is 5.73 Å². The molecule has 16 heavy (non-hydrogen) atoms. The quantitative estimate of drug-likeness (QED) is 0.753. The Hall–Kier alpha value is -0.900. The molecule has 0 aliphatic carbocycles. The van der Waals surface area contributed by atoms with Crippen LogP contribution in [-0.4, -0.2) is 19.5 Å². The topological polar surface area (TPSA) is 44.5 Å². The normalized spacial score (nSPS) is 13.1. The van der Waals surface area contributed by atoms with E-state index in [0.717, 1.165) is 5.56 Å². The van der Waals surface area contributed by atoms with Crippen LogP contribution in [0, 0.1) is 6.92 Å². The number of ether oxygens (including phenoxy) is 2. The summed E-state index contributed by atoms with van der Waals surface area (Å²) < 4.78 is 11.0. The summed E-state index contributed by atoms with van der Waals surface area (Å²) in [6.07, 6.45) is -0.364. The summed E-state index contributed by atoms with van der Waals surface area (Å²) in [5.41, 5.74) is 8.37. The molecule has 0 amide bonds. The third-order valence-electron chi connectivity index (χ3n) is 2.38. The number of rotatable bonds is 6. The fourth-order valence-electron chi connectivity index (χ4n) is 1.62. The molecule has 0 saturated heterocycles. The molecule has 0 spiro atoms. The van der Waals surface area contributed by atoms with E-state index >= 15 is 0 Å². The Bertz CT molecular complexity index is 309. The van der Waals surface area contributed by atoms with Crippen molar-refractivity contribution in [2.24, 2.45) is 5.73 Å². The van der Waals surface area contributed by atoms with E-state index in [4.69, 9.17) is 15.2 Å². The monoisotopic (exact) mass is 223 g/mol. The molecular formula is C13H21NO2. The van der Waals surface area contributed by atoms with Gasteiger partial charge in [0.15, 0.2) is 6.29 Å². The van der Waals surface area contributed by atoms with Gasteiger partial charge in [0.05, 0.1) is 6.04 Å². The van der Waals surface area contributed by atoms with Crippen LogP contribution in [0.4, 0.5) is 0 Å². The highest BCUT2D eigenvalue weighted by molar-refractivity contribution is 5.25. The van der Waals surface area contributed by atoms with Crippen LogP contribution in [0.15, 0.2) is 24.3 Å². The summed E-state index contributed by atoms with van der Waals surface area (Å²) >= 11 is 0. The molecule has 2 N–H and O–H groups in total. The number of hydrogen-bond donors (Lipinski definition) is 1. The first-order valence-corrected chi connectivity index (χ1v) is 5.74. The minimum Gasteiger partial charge on any atom is -0.351 e. The smallest absolute Gasteiger partial charge is 0.176 e. The van der Waals surface area contributed by atoms with Crippen molar-refractivity contribution in [2.75, 3.05) is 13.2 Å². The second-order valence-corrected chi connectivity index (χ2v) is 3.72. The van der Waals surface area contributed by atoms with E-state index in [9.17, 15) is 0 Å². The van der Waals surface area contributed by atoms with Gasteiger partial charge in [-0.1, -0.05) is 29.8 Å². The number of benzene rings is 1. The standard InChI is InChI=1S/C13H21NO2/c1-4-15-13(16-5-2)12(14)11-8-6-7-10(3)9-11/h6-9,12-13H,4-5,14H2,1-3H3. The average Bonchev–Trinajstić information content (AvgIpc) is 2.28. The van der Waals surface area contributed by atoms with E-state index in [1.165, 1.54) is 5.56 Å². The molecule has 3 nitrogen and oxygen atoms in total. The molecule has 0 fully saturated rings. The SMILES string of the molecule is CCOC(OCC)C(N)c1cccc(C)c1. The predicted octanol–water partition coefficient (Wildman–Crippen LogP) is 2.39. The Balaban J connectivity index is 2.76. The molecule has 1 unspecified atom stereocenters. The highest BCUT2D eigenvalue weighted by atomic mass is 16.7. The first-order valence-electron chi connectivity index (χ1n) is 5.74. The van der Waals surface area contributed by atoms with E-state index in [-0.39, 0.29) is 12.3 Å². The number of aryl methyl sites for hydroxylation is 1. The van der Waals surface area contributed by atoms with Gasteiger partial charge in [0.25, 0.3) is 0 Å². The second kappa shape index (κ2) is 6.63. The Labute approximate surface area is 97.6 Å². The van der Waals surface area contributed by atoms with Gasteiger partial charge in [-0.3, -0.25) is 0 Å². The lowest BCUT2D eigenvalue weighted by Crippen LogP contribution is -2.31. The molecule has 0 radical (unpaired) electrons. The molecule has 1 aromatic carbocycles. The van der Waals surface area contributed by atoms with Gasteiger partial charge in [-0.05, 0) is 26.3 Å². The van der Waals surface area contributed by atoms with Gasteiger partial charge >= 0.3 is 0 Å². The van der Waals surface area contributed by atoms with Crippen LogP contribution in [0.1, 0.15) is 31.0 Å². The van der Waals surface area contributed by atoms with Crippen molar-refractivity contribution in [2.45, 2.75) is 33.1 Å². The predicted molar refractivity (Wildman–Crippen MR) is 65.1 cm³/mol.